The quantitative estimate of drug-likeness (QED) is 0.630. The molecular weight excluding hydrogens is 396 g/mol. The van der Waals surface area contributed by atoms with Crippen molar-refractivity contribution < 1.29 is 9.21 Å². The predicted molar refractivity (Wildman–Crippen MR) is 108 cm³/mol. The van der Waals surface area contributed by atoms with Gasteiger partial charge in [-0.15, -0.1) is 5.10 Å². The second-order valence-corrected chi connectivity index (χ2v) is 8.09. The summed E-state index contributed by atoms with van der Waals surface area (Å²) in [7, 11) is 0. The van der Waals surface area contributed by atoms with E-state index in [2.05, 4.69) is 15.4 Å². The number of nitrogens with one attached hydrogen (secondary N) is 1. The number of hydrogen-bond donors (Lipinski definition) is 1. The van der Waals surface area contributed by atoms with Crippen molar-refractivity contribution in [2.24, 2.45) is 0 Å². The van der Waals surface area contributed by atoms with E-state index < -0.39 is 0 Å². The highest BCUT2D eigenvalue weighted by atomic mass is 35.5. The van der Waals surface area contributed by atoms with Crippen molar-refractivity contribution in [3.05, 3.63) is 70.3 Å². The van der Waals surface area contributed by atoms with Gasteiger partial charge >= 0.3 is 0 Å². The highest BCUT2D eigenvalue weighted by Gasteiger charge is 2.40. The van der Waals surface area contributed by atoms with E-state index >= 15 is 0 Å². The minimum atomic E-state index is -0.318. The van der Waals surface area contributed by atoms with Gasteiger partial charge in [0.15, 0.2) is 5.78 Å². The Balaban J connectivity index is 1.63. The number of halogens is 1. The number of rotatable bonds is 3. The van der Waals surface area contributed by atoms with Gasteiger partial charge in [0, 0.05) is 28.6 Å². The molecule has 2 aromatic heterocycles. The van der Waals surface area contributed by atoms with Crippen LogP contribution in [0.2, 0.25) is 5.02 Å². The fourth-order valence-electron chi connectivity index (χ4n) is 3.96. The molecule has 0 spiro atoms. The summed E-state index contributed by atoms with van der Waals surface area (Å²) in [5.41, 5.74) is 2.60. The van der Waals surface area contributed by atoms with E-state index in [1.165, 1.54) is 11.8 Å². The molecular formula is C20H17ClN4O2S. The zero-order valence-corrected chi connectivity index (χ0v) is 16.6. The van der Waals surface area contributed by atoms with Crippen LogP contribution in [0.1, 0.15) is 36.1 Å². The molecule has 3 heterocycles. The third-order valence-electron chi connectivity index (χ3n) is 5.21. The van der Waals surface area contributed by atoms with Gasteiger partial charge in [-0.1, -0.05) is 35.5 Å². The van der Waals surface area contributed by atoms with Crippen LogP contribution in [-0.4, -0.2) is 26.8 Å². The summed E-state index contributed by atoms with van der Waals surface area (Å²) in [6.07, 6.45) is 4.69. The first-order valence-electron chi connectivity index (χ1n) is 8.96. The third kappa shape index (κ3) is 2.86. The van der Waals surface area contributed by atoms with E-state index in [-0.39, 0.29) is 17.7 Å². The SMILES string of the molecule is CSc1nc2n(n1)[C@H](c1ccc(Cl)cc1)C1=C(C[C@H](c3ccco3)CC1=O)N2. The Bertz CT molecular complexity index is 1070. The second-order valence-electron chi connectivity index (χ2n) is 6.88. The zero-order chi connectivity index (χ0) is 19.3. The van der Waals surface area contributed by atoms with E-state index in [0.717, 1.165) is 22.6 Å². The Kier molecular flexibility index (Phi) is 4.29. The lowest BCUT2D eigenvalue weighted by molar-refractivity contribution is -0.117. The van der Waals surface area contributed by atoms with Crippen molar-refractivity contribution in [1.29, 1.82) is 0 Å². The number of ketones is 1. The van der Waals surface area contributed by atoms with Gasteiger partial charge in [0.05, 0.1) is 6.26 Å². The van der Waals surface area contributed by atoms with Crippen molar-refractivity contribution in [3.63, 3.8) is 0 Å². The van der Waals surface area contributed by atoms with Gasteiger partial charge in [-0.3, -0.25) is 4.79 Å². The molecule has 1 aliphatic carbocycles. The van der Waals surface area contributed by atoms with Gasteiger partial charge in [-0.2, -0.15) is 4.98 Å². The number of nitrogens with zero attached hydrogens (tertiary/aromatic N) is 3. The van der Waals surface area contributed by atoms with Crippen LogP contribution in [0.25, 0.3) is 0 Å². The molecule has 28 heavy (non-hydrogen) atoms. The summed E-state index contributed by atoms with van der Waals surface area (Å²) in [6.45, 7) is 0. The van der Waals surface area contributed by atoms with Gasteiger partial charge in [-0.05, 0) is 42.5 Å². The first kappa shape index (κ1) is 17.6. The summed E-state index contributed by atoms with van der Waals surface area (Å²) in [6, 6.07) is 11.0. The number of carbonyl (C=O) groups is 1. The summed E-state index contributed by atoms with van der Waals surface area (Å²) < 4.78 is 7.37. The fraction of sp³-hybridized carbons (Fsp3) is 0.250. The molecule has 6 nitrogen and oxygen atoms in total. The molecule has 1 N–H and O–H groups in total. The summed E-state index contributed by atoms with van der Waals surface area (Å²) in [4.78, 5) is 17.8. The molecule has 0 saturated heterocycles. The lowest BCUT2D eigenvalue weighted by Gasteiger charge is -2.34. The minimum absolute atomic E-state index is 0.0223. The van der Waals surface area contributed by atoms with Crippen LogP contribution in [0.3, 0.4) is 0 Å². The first-order valence-corrected chi connectivity index (χ1v) is 10.6. The molecule has 0 radical (unpaired) electrons. The molecule has 1 aromatic carbocycles. The lowest BCUT2D eigenvalue weighted by Crippen LogP contribution is -2.33. The van der Waals surface area contributed by atoms with Gasteiger partial charge in [0.2, 0.25) is 11.1 Å². The number of furan rings is 1. The summed E-state index contributed by atoms with van der Waals surface area (Å²) in [5.74, 6) is 1.61. The number of fused-ring (bicyclic) bond motifs is 1. The van der Waals surface area contributed by atoms with Crippen LogP contribution >= 0.6 is 23.4 Å². The number of benzene rings is 1. The Morgan fingerprint density at radius 3 is 2.79 bits per heavy atom. The van der Waals surface area contributed by atoms with Crippen molar-refractivity contribution in [1.82, 2.24) is 14.8 Å². The molecule has 142 valence electrons. The number of carbonyl (C=O) groups excluding carboxylic acids is 1. The molecule has 0 saturated carbocycles. The maximum atomic E-state index is 13.2. The Morgan fingerprint density at radius 1 is 1.25 bits per heavy atom. The smallest absolute Gasteiger partial charge is 0.227 e. The molecule has 2 atom stereocenters. The van der Waals surface area contributed by atoms with Gasteiger partial charge in [0.25, 0.3) is 0 Å². The van der Waals surface area contributed by atoms with Crippen molar-refractivity contribution in [2.45, 2.75) is 30.0 Å². The average molecular weight is 413 g/mol. The van der Waals surface area contributed by atoms with E-state index in [9.17, 15) is 4.79 Å². The lowest BCUT2D eigenvalue weighted by atomic mass is 9.79. The number of allylic oxidation sites excluding steroid dienone is 2. The molecule has 0 bridgehead atoms. The highest BCUT2D eigenvalue weighted by molar-refractivity contribution is 7.98. The van der Waals surface area contributed by atoms with Crippen molar-refractivity contribution >= 4 is 35.1 Å². The van der Waals surface area contributed by atoms with Crippen LogP contribution in [0.15, 0.2) is 63.5 Å². The van der Waals surface area contributed by atoms with E-state index in [0.29, 0.717) is 29.0 Å². The maximum absolute atomic E-state index is 13.2. The monoisotopic (exact) mass is 412 g/mol. The summed E-state index contributed by atoms with van der Waals surface area (Å²) >= 11 is 7.55. The van der Waals surface area contributed by atoms with Crippen LogP contribution in [0.4, 0.5) is 5.95 Å². The Hall–Kier alpha value is -2.51. The topological polar surface area (TPSA) is 73.0 Å². The maximum Gasteiger partial charge on any atom is 0.227 e. The van der Waals surface area contributed by atoms with Crippen molar-refractivity contribution in [2.75, 3.05) is 11.6 Å². The normalized spacial score (nSPS) is 21.3. The number of Topliss-reactive ketones (excluding diaryl/α,β-unsaturated/α-hetero) is 1. The molecule has 3 aromatic rings. The van der Waals surface area contributed by atoms with Crippen LogP contribution in [-0.2, 0) is 4.79 Å². The molecule has 0 amide bonds. The van der Waals surface area contributed by atoms with Crippen LogP contribution in [0.5, 0.6) is 0 Å². The third-order valence-corrected chi connectivity index (χ3v) is 6.00. The molecule has 0 fully saturated rings. The minimum Gasteiger partial charge on any atom is -0.469 e. The van der Waals surface area contributed by atoms with E-state index in [1.54, 1.807) is 10.9 Å². The highest BCUT2D eigenvalue weighted by Crippen LogP contribution is 2.44. The second kappa shape index (κ2) is 6.83. The number of thioether (sulfide) groups is 1. The molecule has 2 aliphatic rings. The number of anilines is 1. The van der Waals surface area contributed by atoms with Gasteiger partial charge in [0.1, 0.15) is 11.8 Å². The number of hydrogen-bond acceptors (Lipinski definition) is 6. The van der Waals surface area contributed by atoms with Crippen LogP contribution in [0, 0.1) is 0 Å². The van der Waals surface area contributed by atoms with Gasteiger partial charge < -0.3 is 9.73 Å². The fourth-order valence-corrected chi connectivity index (χ4v) is 4.43. The summed E-state index contributed by atoms with van der Waals surface area (Å²) in [5, 5.41) is 9.29. The Labute approximate surface area is 171 Å². The number of aromatic nitrogens is 3. The standard InChI is InChI=1S/C20H17ClN4O2S/c1-28-20-23-19-22-14-9-12(16-3-2-8-27-16)10-15(26)17(14)18(25(19)24-20)11-4-6-13(21)7-5-11/h2-8,12,18H,9-10H2,1H3,(H,22,23,24)/t12-,18+/m0/s1. The predicted octanol–water partition coefficient (Wildman–Crippen LogP) is 4.66. The molecule has 0 unspecified atom stereocenters. The largest absolute Gasteiger partial charge is 0.469 e. The van der Waals surface area contributed by atoms with Crippen LogP contribution < -0.4 is 5.32 Å². The average Bonchev–Trinajstić information content (AvgIpc) is 3.36. The van der Waals surface area contributed by atoms with E-state index in [1.807, 2.05) is 42.7 Å². The molecule has 5 rings (SSSR count). The Morgan fingerprint density at radius 2 is 2.07 bits per heavy atom. The van der Waals surface area contributed by atoms with E-state index in [4.69, 9.17) is 16.0 Å². The molecule has 8 heteroatoms. The van der Waals surface area contributed by atoms with Crippen molar-refractivity contribution in [3.8, 4) is 0 Å². The molecule has 1 aliphatic heterocycles. The zero-order valence-electron chi connectivity index (χ0n) is 15.1. The van der Waals surface area contributed by atoms with Gasteiger partial charge in [-0.25, -0.2) is 4.68 Å². The first-order chi connectivity index (χ1) is 13.6.